The van der Waals surface area contributed by atoms with Gasteiger partial charge in [0.25, 0.3) is 5.91 Å². The van der Waals surface area contributed by atoms with Gasteiger partial charge in [0.1, 0.15) is 0 Å². The fourth-order valence-electron chi connectivity index (χ4n) is 1.90. The second kappa shape index (κ2) is 5.50. The summed E-state index contributed by atoms with van der Waals surface area (Å²) in [6.45, 7) is 6.25. The first-order chi connectivity index (χ1) is 8.08. The van der Waals surface area contributed by atoms with Crippen LogP contribution in [0.2, 0.25) is 0 Å². The number of halogens is 1. The third kappa shape index (κ3) is 3.09. The molecule has 1 unspecified atom stereocenters. The van der Waals surface area contributed by atoms with E-state index in [1.165, 1.54) is 11.3 Å². The van der Waals surface area contributed by atoms with E-state index in [4.69, 9.17) is 4.74 Å². The lowest BCUT2D eigenvalue weighted by Crippen LogP contribution is -2.35. The Morgan fingerprint density at radius 1 is 1.65 bits per heavy atom. The second-order valence-corrected chi connectivity index (χ2v) is 6.72. The number of rotatable bonds is 1. The molecule has 0 spiro atoms. The van der Waals surface area contributed by atoms with E-state index in [9.17, 15) is 4.79 Å². The lowest BCUT2D eigenvalue weighted by Gasteiger charge is -2.21. The molecule has 0 aliphatic carbocycles. The number of carbonyl (C=O) groups is 1. The van der Waals surface area contributed by atoms with Gasteiger partial charge in [0, 0.05) is 19.7 Å². The molecule has 1 aromatic rings. The molecule has 17 heavy (non-hydrogen) atoms. The van der Waals surface area contributed by atoms with Crippen molar-refractivity contribution >= 4 is 33.2 Å². The Hall–Kier alpha value is -0.390. The molecule has 0 radical (unpaired) electrons. The molecule has 5 heteroatoms. The minimum absolute atomic E-state index is 0.126. The number of amides is 1. The van der Waals surface area contributed by atoms with Crippen molar-refractivity contribution in [3.8, 4) is 0 Å². The maximum absolute atomic E-state index is 12.3. The Labute approximate surface area is 114 Å². The summed E-state index contributed by atoms with van der Waals surface area (Å²) < 4.78 is 6.59. The van der Waals surface area contributed by atoms with Gasteiger partial charge in [-0.15, -0.1) is 11.3 Å². The van der Waals surface area contributed by atoms with Crippen molar-refractivity contribution in [2.24, 2.45) is 0 Å². The van der Waals surface area contributed by atoms with Gasteiger partial charge in [-0.1, -0.05) is 0 Å². The van der Waals surface area contributed by atoms with E-state index < -0.39 is 0 Å². The number of thiophene rings is 1. The Balaban J connectivity index is 2.13. The SMILES string of the molecule is Cc1cc(C(=O)N2CCCOC(C)C2)sc1Br. The highest BCUT2D eigenvalue weighted by molar-refractivity contribution is 9.11. The molecule has 0 bridgehead atoms. The number of hydrogen-bond donors (Lipinski definition) is 0. The maximum atomic E-state index is 12.3. The molecule has 1 aliphatic heterocycles. The van der Waals surface area contributed by atoms with Crippen LogP contribution in [0.4, 0.5) is 0 Å². The highest BCUT2D eigenvalue weighted by Crippen LogP contribution is 2.28. The summed E-state index contributed by atoms with van der Waals surface area (Å²) in [5.74, 6) is 0.126. The molecule has 0 N–H and O–H groups in total. The van der Waals surface area contributed by atoms with E-state index in [1.807, 2.05) is 24.8 Å². The average molecular weight is 318 g/mol. The van der Waals surface area contributed by atoms with E-state index in [2.05, 4.69) is 15.9 Å². The summed E-state index contributed by atoms with van der Waals surface area (Å²) in [5, 5.41) is 0. The Morgan fingerprint density at radius 2 is 2.41 bits per heavy atom. The summed E-state index contributed by atoms with van der Waals surface area (Å²) >= 11 is 4.97. The number of ether oxygens (including phenoxy) is 1. The first-order valence-electron chi connectivity index (χ1n) is 5.74. The van der Waals surface area contributed by atoms with Crippen molar-refractivity contribution in [2.45, 2.75) is 26.4 Å². The van der Waals surface area contributed by atoms with Crippen LogP contribution in [0.3, 0.4) is 0 Å². The fraction of sp³-hybridized carbons (Fsp3) is 0.583. The van der Waals surface area contributed by atoms with Gasteiger partial charge in [0.15, 0.2) is 0 Å². The van der Waals surface area contributed by atoms with Crippen LogP contribution < -0.4 is 0 Å². The molecule has 94 valence electrons. The van der Waals surface area contributed by atoms with Crippen LogP contribution in [0.1, 0.15) is 28.6 Å². The van der Waals surface area contributed by atoms with E-state index in [1.54, 1.807) is 0 Å². The third-order valence-corrected chi connectivity index (χ3v) is 4.93. The zero-order valence-corrected chi connectivity index (χ0v) is 12.4. The van der Waals surface area contributed by atoms with E-state index in [-0.39, 0.29) is 12.0 Å². The van der Waals surface area contributed by atoms with Crippen LogP contribution in [0.5, 0.6) is 0 Å². The molecule has 0 aromatic carbocycles. The van der Waals surface area contributed by atoms with Crippen molar-refractivity contribution in [3.05, 3.63) is 20.3 Å². The van der Waals surface area contributed by atoms with Crippen molar-refractivity contribution in [3.63, 3.8) is 0 Å². The molecule has 2 rings (SSSR count). The van der Waals surface area contributed by atoms with Gasteiger partial charge in [-0.05, 0) is 47.8 Å². The highest BCUT2D eigenvalue weighted by Gasteiger charge is 2.22. The first-order valence-corrected chi connectivity index (χ1v) is 7.35. The topological polar surface area (TPSA) is 29.5 Å². The maximum Gasteiger partial charge on any atom is 0.264 e. The second-order valence-electron chi connectivity index (χ2n) is 4.35. The van der Waals surface area contributed by atoms with Gasteiger partial charge in [0.05, 0.1) is 14.8 Å². The van der Waals surface area contributed by atoms with E-state index in [0.29, 0.717) is 6.54 Å². The summed E-state index contributed by atoms with van der Waals surface area (Å²) in [7, 11) is 0. The molecular weight excluding hydrogens is 302 g/mol. The third-order valence-electron chi connectivity index (χ3n) is 2.81. The Bertz CT molecular complexity index is 399. The van der Waals surface area contributed by atoms with Crippen molar-refractivity contribution in [1.82, 2.24) is 4.90 Å². The van der Waals surface area contributed by atoms with Crippen molar-refractivity contribution in [2.75, 3.05) is 19.7 Å². The summed E-state index contributed by atoms with van der Waals surface area (Å²) in [6, 6.07) is 1.95. The van der Waals surface area contributed by atoms with Gasteiger partial charge in [-0.3, -0.25) is 4.79 Å². The van der Waals surface area contributed by atoms with Gasteiger partial charge < -0.3 is 9.64 Å². The molecule has 1 saturated heterocycles. The van der Waals surface area contributed by atoms with Gasteiger partial charge in [0.2, 0.25) is 0 Å². The van der Waals surface area contributed by atoms with Crippen LogP contribution in [0.25, 0.3) is 0 Å². The minimum atomic E-state index is 0.126. The molecule has 2 heterocycles. The van der Waals surface area contributed by atoms with Crippen molar-refractivity contribution in [1.29, 1.82) is 0 Å². The average Bonchev–Trinajstić information content (AvgIpc) is 2.51. The number of aryl methyl sites for hydroxylation is 1. The Kier molecular flexibility index (Phi) is 4.22. The lowest BCUT2D eigenvalue weighted by atomic mass is 10.3. The van der Waals surface area contributed by atoms with Gasteiger partial charge in [-0.25, -0.2) is 0 Å². The number of nitrogens with zero attached hydrogens (tertiary/aromatic N) is 1. The normalized spacial score (nSPS) is 21.4. The van der Waals surface area contributed by atoms with Crippen LogP contribution >= 0.6 is 27.3 Å². The largest absolute Gasteiger partial charge is 0.377 e. The van der Waals surface area contributed by atoms with Crippen LogP contribution in [-0.2, 0) is 4.74 Å². The summed E-state index contributed by atoms with van der Waals surface area (Å²) in [5.41, 5.74) is 1.12. The monoisotopic (exact) mass is 317 g/mol. The predicted octanol–water partition coefficient (Wildman–Crippen LogP) is 3.07. The van der Waals surface area contributed by atoms with Crippen LogP contribution in [0.15, 0.2) is 9.85 Å². The summed E-state index contributed by atoms with van der Waals surface area (Å²) in [6.07, 6.45) is 1.05. The zero-order valence-electron chi connectivity index (χ0n) is 10.0. The van der Waals surface area contributed by atoms with Gasteiger partial charge >= 0.3 is 0 Å². The minimum Gasteiger partial charge on any atom is -0.377 e. The zero-order chi connectivity index (χ0) is 12.4. The number of carbonyl (C=O) groups excluding carboxylic acids is 1. The molecule has 1 fully saturated rings. The predicted molar refractivity (Wildman–Crippen MR) is 72.7 cm³/mol. The van der Waals surface area contributed by atoms with E-state index in [0.717, 1.165) is 33.8 Å². The fourth-order valence-corrected chi connectivity index (χ4v) is 3.40. The first kappa shape index (κ1) is 13.1. The lowest BCUT2D eigenvalue weighted by molar-refractivity contribution is 0.0565. The standard InChI is InChI=1S/C12H16BrNO2S/c1-8-6-10(17-11(8)13)12(15)14-4-3-5-16-9(2)7-14/h6,9H,3-5,7H2,1-2H3. The molecule has 1 amide bonds. The van der Waals surface area contributed by atoms with Crippen LogP contribution in [-0.4, -0.2) is 36.6 Å². The van der Waals surface area contributed by atoms with Gasteiger partial charge in [-0.2, -0.15) is 0 Å². The number of hydrogen-bond acceptors (Lipinski definition) is 3. The Morgan fingerprint density at radius 3 is 3.06 bits per heavy atom. The quantitative estimate of drug-likeness (QED) is 0.796. The molecule has 3 nitrogen and oxygen atoms in total. The van der Waals surface area contributed by atoms with E-state index >= 15 is 0 Å². The molecule has 1 atom stereocenters. The molecule has 1 aliphatic rings. The highest BCUT2D eigenvalue weighted by atomic mass is 79.9. The van der Waals surface area contributed by atoms with Crippen LogP contribution in [0, 0.1) is 6.92 Å². The molecule has 0 saturated carbocycles. The van der Waals surface area contributed by atoms with Crippen molar-refractivity contribution < 1.29 is 9.53 Å². The summed E-state index contributed by atoms with van der Waals surface area (Å²) in [4.78, 5) is 15.0. The molecular formula is C12H16BrNO2S. The smallest absolute Gasteiger partial charge is 0.264 e. The molecule has 1 aromatic heterocycles.